The first-order chi connectivity index (χ1) is 10.2. The van der Waals surface area contributed by atoms with Crippen LogP contribution in [0.1, 0.15) is 29.8 Å². The summed E-state index contributed by atoms with van der Waals surface area (Å²) in [5, 5.41) is 9.25. The zero-order chi connectivity index (χ0) is 14.8. The highest BCUT2D eigenvalue weighted by Gasteiger charge is 2.19. The van der Waals surface area contributed by atoms with Crippen molar-refractivity contribution in [2.24, 2.45) is 7.05 Å². The van der Waals surface area contributed by atoms with Gasteiger partial charge in [0.2, 0.25) is 0 Å². The quantitative estimate of drug-likeness (QED) is 0.799. The van der Waals surface area contributed by atoms with E-state index in [1.807, 2.05) is 24.0 Å². The van der Waals surface area contributed by atoms with E-state index in [9.17, 15) is 0 Å². The molecule has 0 amide bonds. The van der Waals surface area contributed by atoms with Gasteiger partial charge in [0.15, 0.2) is 0 Å². The topological polar surface area (TPSA) is 42.7 Å². The van der Waals surface area contributed by atoms with Crippen LogP contribution in [-0.4, -0.2) is 21.3 Å². The van der Waals surface area contributed by atoms with Crippen LogP contribution in [0.4, 0.5) is 0 Å². The highest BCUT2D eigenvalue weighted by molar-refractivity contribution is 5.83. The predicted octanol–water partition coefficient (Wildman–Crippen LogP) is 2.98. The van der Waals surface area contributed by atoms with Gasteiger partial charge in [-0.25, -0.2) is 0 Å². The molecule has 108 valence electrons. The van der Waals surface area contributed by atoms with Crippen molar-refractivity contribution in [2.75, 3.05) is 6.54 Å². The lowest BCUT2D eigenvalue weighted by Crippen LogP contribution is -2.22. The molecule has 3 rings (SSSR count). The van der Waals surface area contributed by atoms with Gasteiger partial charge >= 0.3 is 0 Å². The second-order valence-corrected chi connectivity index (χ2v) is 5.25. The smallest absolute Gasteiger partial charge is 0.0705 e. The van der Waals surface area contributed by atoms with Crippen LogP contribution < -0.4 is 5.32 Å². The molecule has 0 aliphatic carbocycles. The molecule has 3 aromatic rings. The maximum absolute atomic E-state index is 4.48. The number of nitrogens with zero attached hydrogens (tertiary/aromatic N) is 3. The fraction of sp³-hybridized carbons (Fsp3) is 0.294. The summed E-state index contributed by atoms with van der Waals surface area (Å²) in [7, 11) is 1.96. The molecule has 0 bridgehead atoms. The first kappa shape index (κ1) is 13.8. The van der Waals surface area contributed by atoms with Crippen LogP contribution in [0.25, 0.3) is 10.9 Å². The van der Waals surface area contributed by atoms with Crippen LogP contribution in [-0.2, 0) is 7.05 Å². The Bertz CT molecular complexity index is 755. The number of nitrogens with one attached hydrogen (secondary N) is 1. The molecule has 1 atom stereocenters. The first-order valence-corrected chi connectivity index (χ1v) is 7.28. The van der Waals surface area contributed by atoms with E-state index in [1.54, 1.807) is 0 Å². The van der Waals surface area contributed by atoms with Crippen molar-refractivity contribution >= 4 is 10.9 Å². The molecular weight excluding hydrogens is 260 g/mol. The minimum absolute atomic E-state index is 0.136. The molecule has 0 aliphatic heterocycles. The SMILES string of the molecule is CCNC(c1cn(C)nc1C)c1cccc2ncccc12. The standard InChI is InChI=1S/C17H20N4/c1-4-18-17(15-11-21(3)20-12(15)2)14-7-5-9-16-13(14)8-6-10-19-16/h5-11,17-18H,4H2,1-3H3. The number of aryl methyl sites for hydroxylation is 2. The van der Waals surface area contributed by atoms with Gasteiger partial charge in [0.25, 0.3) is 0 Å². The van der Waals surface area contributed by atoms with Crippen LogP contribution in [0.5, 0.6) is 0 Å². The Morgan fingerprint density at radius 1 is 1.19 bits per heavy atom. The summed E-state index contributed by atoms with van der Waals surface area (Å²) in [6.45, 7) is 5.08. The van der Waals surface area contributed by atoms with E-state index in [-0.39, 0.29) is 6.04 Å². The third-order valence-electron chi connectivity index (χ3n) is 3.76. The summed E-state index contributed by atoms with van der Waals surface area (Å²) in [6.07, 6.45) is 3.93. The number of hydrogen-bond acceptors (Lipinski definition) is 3. The van der Waals surface area contributed by atoms with Gasteiger partial charge in [-0.05, 0) is 31.2 Å². The van der Waals surface area contributed by atoms with Crippen molar-refractivity contribution in [3.05, 3.63) is 59.5 Å². The van der Waals surface area contributed by atoms with Crippen LogP contribution >= 0.6 is 0 Å². The molecule has 1 N–H and O–H groups in total. The summed E-state index contributed by atoms with van der Waals surface area (Å²) >= 11 is 0. The van der Waals surface area contributed by atoms with Crippen molar-refractivity contribution < 1.29 is 0 Å². The van der Waals surface area contributed by atoms with Gasteiger partial charge < -0.3 is 5.32 Å². The Morgan fingerprint density at radius 3 is 2.76 bits per heavy atom. The zero-order valence-corrected chi connectivity index (χ0v) is 12.7. The predicted molar refractivity (Wildman–Crippen MR) is 85.2 cm³/mol. The summed E-state index contributed by atoms with van der Waals surface area (Å²) in [4.78, 5) is 4.46. The molecule has 0 spiro atoms. The van der Waals surface area contributed by atoms with Crippen molar-refractivity contribution in [3.8, 4) is 0 Å². The van der Waals surface area contributed by atoms with E-state index in [1.165, 1.54) is 16.5 Å². The third kappa shape index (κ3) is 2.54. The average molecular weight is 280 g/mol. The second kappa shape index (κ2) is 5.66. The van der Waals surface area contributed by atoms with Crippen molar-refractivity contribution in [2.45, 2.75) is 19.9 Å². The Labute approximate surface area is 124 Å². The first-order valence-electron chi connectivity index (χ1n) is 7.28. The van der Waals surface area contributed by atoms with Crippen LogP contribution in [0.3, 0.4) is 0 Å². The fourth-order valence-corrected chi connectivity index (χ4v) is 2.87. The number of benzene rings is 1. The van der Waals surface area contributed by atoms with Gasteiger partial charge in [0.1, 0.15) is 0 Å². The van der Waals surface area contributed by atoms with Crippen LogP contribution in [0.15, 0.2) is 42.7 Å². The third-order valence-corrected chi connectivity index (χ3v) is 3.76. The van der Waals surface area contributed by atoms with Crippen LogP contribution in [0, 0.1) is 6.92 Å². The maximum Gasteiger partial charge on any atom is 0.0705 e. The van der Waals surface area contributed by atoms with Gasteiger partial charge in [-0.15, -0.1) is 0 Å². The van der Waals surface area contributed by atoms with E-state index < -0.39 is 0 Å². The van der Waals surface area contributed by atoms with E-state index in [0.29, 0.717) is 0 Å². The second-order valence-electron chi connectivity index (χ2n) is 5.25. The average Bonchev–Trinajstić information content (AvgIpc) is 2.83. The lowest BCUT2D eigenvalue weighted by molar-refractivity contribution is 0.631. The molecule has 2 aromatic heterocycles. The monoisotopic (exact) mass is 280 g/mol. The molecule has 0 radical (unpaired) electrons. The van der Waals surface area contributed by atoms with Crippen molar-refractivity contribution in [1.82, 2.24) is 20.1 Å². The van der Waals surface area contributed by atoms with Crippen molar-refractivity contribution in [1.29, 1.82) is 0 Å². The lowest BCUT2D eigenvalue weighted by Gasteiger charge is -2.19. The van der Waals surface area contributed by atoms with Gasteiger partial charge in [-0.1, -0.05) is 25.1 Å². The van der Waals surface area contributed by atoms with Gasteiger partial charge in [-0.3, -0.25) is 9.67 Å². The summed E-state index contributed by atoms with van der Waals surface area (Å²) in [5.74, 6) is 0. The molecule has 1 aromatic carbocycles. The lowest BCUT2D eigenvalue weighted by atomic mass is 9.95. The zero-order valence-electron chi connectivity index (χ0n) is 12.7. The minimum atomic E-state index is 0.136. The summed E-state index contributed by atoms with van der Waals surface area (Å²) < 4.78 is 1.87. The highest BCUT2D eigenvalue weighted by atomic mass is 15.3. The molecule has 0 saturated carbocycles. The van der Waals surface area contributed by atoms with Gasteiger partial charge in [-0.2, -0.15) is 5.10 Å². The molecular formula is C17H20N4. The number of pyridine rings is 1. The molecule has 0 fully saturated rings. The van der Waals surface area contributed by atoms with Crippen LogP contribution in [0.2, 0.25) is 0 Å². The van der Waals surface area contributed by atoms with E-state index >= 15 is 0 Å². The van der Waals surface area contributed by atoms with E-state index in [4.69, 9.17) is 0 Å². The van der Waals surface area contributed by atoms with E-state index in [0.717, 1.165) is 17.8 Å². The molecule has 21 heavy (non-hydrogen) atoms. The fourth-order valence-electron chi connectivity index (χ4n) is 2.87. The molecule has 4 nitrogen and oxygen atoms in total. The van der Waals surface area contributed by atoms with Gasteiger partial charge in [0.05, 0.1) is 17.3 Å². The van der Waals surface area contributed by atoms with Gasteiger partial charge in [0, 0.05) is 30.4 Å². The molecule has 4 heteroatoms. The number of rotatable bonds is 4. The number of aromatic nitrogens is 3. The Balaban J connectivity index is 2.18. The van der Waals surface area contributed by atoms with E-state index in [2.05, 4.69) is 59.7 Å². The molecule has 2 heterocycles. The number of fused-ring (bicyclic) bond motifs is 1. The largest absolute Gasteiger partial charge is 0.306 e. The Morgan fingerprint density at radius 2 is 2.05 bits per heavy atom. The number of hydrogen-bond donors (Lipinski definition) is 1. The summed E-state index contributed by atoms with van der Waals surface area (Å²) in [6, 6.07) is 10.6. The highest BCUT2D eigenvalue weighted by Crippen LogP contribution is 2.29. The Hall–Kier alpha value is -2.20. The maximum atomic E-state index is 4.48. The molecule has 1 unspecified atom stereocenters. The molecule has 0 saturated heterocycles. The molecule has 0 aliphatic rings. The normalized spacial score (nSPS) is 12.7. The minimum Gasteiger partial charge on any atom is -0.306 e. The summed E-state index contributed by atoms with van der Waals surface area (Å²) in [5.41, 5.74) is 4.55. The Kier molecular flexibility index (Phi) is 3.71. The van der Waals surface area contributed by atoms with Crippen molar-refractivity contribution in [3.63, 3.8) is 0 Å².